The van der Waals surface area contributed by atoms with Gasteiger partial charge in [0.15, 0.2) is 0 Å². The van der Waals surface area contributed by atoms with Crippen LogP contribution in [0.4, 0.5) is 0 Å². The number of nitrogens with zero attached hydrogens (tertiary/aromatic N) is 4. The zero-order chi connectivity index (χ0) is 15.5. The predicted octanol–water partition coefficient (Wildman–Crippen LogP) is 1.44. The topological polar surface area (TPSA) is 68.1 Å². The summed E-state index contributed by atoms with van der Waals surface area (Å²) in [7, 11) is 0. The third kappa shape index (κ3) is 2.86. The van der Waals surface area contributed by atoms with Crippen LogP contribution in [-0.4, -0.2) is 38.9 Å². The summed E-state index contributed by atoms with van der Waals surface area (Å²) in [6.45, 7) is 3.67. The number of carbonyl (C=O) groups excluding carboxylic acids is 1. The molecular formula is C16H20N4O2. The number of rotatable bonds is 3. The van der Waals surface area contributed by atoms with E-state index in [-0.39, 0.29) is 18.0 Å². The lowest BCUT2D eigenvalue weighted by atomic mass is 9.96. The minimum atomic E-state index is -0.261. The summed E-state index contributed by atoms with van der Waals surface area (Å²) >= 11 is 0. The molecule has 0 bridgehead atoms. The summed E-state index contributed by atoms with van der Waals surface area (Å²) in [6.07, 6.45) is 3.29. The Bertz CT molecular complexity index is 740. The highest BCUT2D eigenvalue weighted by Gasteiger charge is 2.23. The highest BCUT2D eigenvalue weighted by Crippen LogP contribution is 2.19. The van der Waals surface area contributed by atoms with E-state index in [1.54, 1.807) is 18.2 Å². The number of fused-ring (bicyclic) bond motifs is 1. The summed E-state index contributed by atoms with van der Waals surface area (Å²) in [6, 6.07) is 7.05. The highest BCUT2D eigenvalue weighted by molar-refractivity contribution is 5.78. The van der Waals surface area contributed by atoms with E-state index in [1.807, 2.05) is 11.0 Å². The van der Waals surface area contributed by atoms with Crippen molar-refractivity contribution in [3.05, 3.63) is 34.6 Å². The molecule has 2 heterocycles. The molecule has 0 radical (unpaired) electrons. The number of aromatic nitrogens is 3. The maximum atomic E-state index is 12.4. The first kappa shape index (κ1) is 14.7. The minimum Gasteiger partial charge on any atom is -0.341 e. The molecule has 1 amide bonds. The Hall–Kier alpha value is -2.24. The quantitative estimate of drug-likeness (QED) is 0.860. The van der Waals surface area contributed by atoms with E-state index in [2.05, 4.69) is 17.2 Å². The molecule has 1 aromatic carbocycles. The van der Waals surface area contributed by atoms with Crippen LogP contribution in [0.1, 0.15) is 26.2 Å². The van der Waals surface area contributed by atoms with Crippen molar-refractivity contribution in [3.63, 3.8) is 0 Å². The molecule has 6 nitrogen and oxygen atoms in total. The Morgan fingerprint density at radius 3 is 3.00 bits per heavy atom. The highest BCUT2D eigenvalue weighted by atomic mass is 16.2. The molecule has 3 rings (SSSR count). The molecular weight excluding hydrogens is 280 g/mol. The normalized spacial score (nSPS) is 18.6. The van der Waals surface area contributed by atoms with Crippen LogP contribution in [0.5, 0.6) is 0 Å². The van der Waals surface area contributed by atoms with Crippen LogP contribution in [-0.2, 0) is 11.3 Å². The number of hydrogen-bond donors (Lipinski definition) is 0. The summed E-state index contributed by atoms with van der Waals surface area (Å²) in [5.74, 6) is 0.516. The van der Waals surface area contributed by atoms with Gasteiger partial charge in [-0.05, 0) is 30.9 Å². The summed E-state index contributed by atoms with van der Waals surface area (Å²) in [4.78, 5) is 26.6. The molecule has 1 aliphatic rings. The molecule has 6 heteroatoms. The largest absolute Gasteiger partial charge is 0.341 e. The van der Waals surface area contributed by atoms with Crippen LogP contribution in [0.15, 0.2) is 29.1 Å². The van der Waals surface area contributed by atoms with Gasteiger partial charge in [-0.15, -0.1) is 5.10 Å². The van der Waals surface area contributed by atoms with Crippen LogP contribution in [0, 0.1) is 5.92 Å². The van der Waals surface area contributed by atoms with Crippen LogP contribution in [0.2, 0.25) is 0 Å². The van der Waals surface area contributed by atoms with E-state index < -0.39 is 0 Å². The van der Waals surface area contributed by atoms with E-state index in [0.717, 1.165) is 25.9 Å². The van der Waals surface area contributed by atoms with Gasteiger partial charge in [0.05, 0.1) is 5.39 Å². The third-order valence-corrected chi connectivity index (χ3v) is 4.36. The molecule has 0 N–H and O–H groups in total. The second-order valence-electron chi connectivity index (χ2n) is 5.83. The van der Waals surface area contributed by atoms with Crippen molar-refractivity contribution in [2.24, 2.45) is 5.92 Å². The van der Waals surface area contributed by atoms with Crippen molar-refractivity contribution >= 4 is 16.8 Å². The van der Waals surface area contributed by atoms with Crippen molar-refractivity contribution < 1.29 is 4.79 Å². The first-order valence-corrected chi connectivity index (χ1v) is 7.79. The van der Waals surface area contributed by atoms with E-state index in [1.165, 1.54) is 11.1 Å². The zero-order valence-corrected chi connectivity index (χ0v) is 12.7. The number of benzene rings is 1. The molecule has 1 aromatic heterocycles. The molecule has 1 fully saturated rings. The van der Waals surface area contributed by atoms with Gasteiger partial charge in [-0.25, -0.2) is 4.68 Å². The fraction of sp³-hybridized carbons (Fsp3) is 0.500. The van der Waals surface area contributed by atoms with E-state index in [0.29, 0.717) is 16.8 Å². The lowest BCUT2D eigenvalue weighted by Gasteiger charge is -2.32. The SMILES string of the molecule is CCC1CCCN(C(=O)Cn2nnc3ccccc3c2=O)C1. The molecule has 1 unspecified atom stereocenters. The molecule has 0 aliphatic carbocycles. The van der Waals surface area contributed by atoms with Gasteiger partial charge >= 0.3 is 0 Å². The Labute approximate surface area is 128 Å². The van der Waals surface area contributed by atoms with Crippen LogP contribution in [0.25, 0.3) is 10.9 Å². The molecule has 1 aliphatic heterocycles. The van der Waals surface area contributed by atoms with Crippen LogP contribution >= 0.6 is 0 Å². The average molecular weight is 300 g/mol. The Morgan fingerprint density at radius 1 is 1.36 bits per heavy atom. The van der Waals surface area contributed by atoms with Gasteiger partial charge in [-0.1, -0.05) is 30.7 Å². The van der Waals surface area contributed by atoms with Crippen LogP contribution < -0.4 is 5.56 Å². The molecule has 0 spiro atoms. The van der Waals surface area contributed by atoms with Gasteiger partial charge in [0.25, 0.3) is 5.56 Å². The summed E-state index contributed by atoms with van der Waals surface area (Å²) < 4.78 is 1.17. The van der Waals surface area contributed by atoms with Gasteiger partial charge < -0.3 is 4.90 Å². The van der Waals surface area contributed by atoms with Gasteiger partial charge in [-0.3, -0.25) is 9.59 Å². The van der Waals surface area contributed by atoms with Crippen molar-refractivity contribution in [2.75, 3.05) is 13.1 Å². The number of piperidine rings is 1. The molecule has 2 aromatic rings. The number of hydrogen-bond acceptors (Lipinski definition) is 4. The van der Waals surface area contributed by atoms with E-state index in [9.17, 15) is 9.59 Å². The Kier molecular flexibility index (Phi) is 4.18. The lowest BCUT2D eigenvalue weighted by Crippen LogP contribution is -2.43. The number of amides is 1. The maximum absolute atomic E-state index is 12.4. The maximum Gasteiger partial charge on any atom is 0.278 e. The van der Waals surface area contributed by atoms with Crippen molar-refractivity contribution in [1.29, 1.82) is 0 Å². The van der Waals surface area contributed by atoms with Gasteiger partial charge in [-0.2, -0.15) is 0 Å². The fourth-order valence-corrected chi connectivity index (χ4v) is 2.98. The van der Waals surface area contributed by atoms with Gasteiger partial charge in [0.1, 0.15) is 12.1 Å². The second-order valence-corrected chi connectivity index (χ2v) is 5.83. The smallest absolute Gasteiger partial charge is 0.278 e. The Morgan fingerprint density at radius 2 is 2.18 bits per heavy atom. The molecule has 1 atom stereocenters. The Balaban J connectivity index is 1.79. The molecule has 22 heavy (non-hydrogen) atoms. The minimum absolute atomic E-state index is 0.0346. The third-order valence-electron chi connectivity index (χ3n) is 4.36. The summed E-state index contributed by atoms with van der Waals surface area (Å²) in [5.41, 5.74) is 0.295. The lowest BCUT2D eigenvalue weighted by molar-refractivity contribution is -0.134. The van der Waals surface area contributed by atoms with Gasteiger partial charge in [0, 0.05) is 13.1 Å². The van der Waals surface area contributed by atoms with E-state index >= 15 is 0 Å². The van der Waals surface area contributed by atoms with Gasteiger partial charge in [0.2, 0.25) is 5.91 Å². The first-order chi connectivity index (χ1) is 10.7. The van der Waals surface area contributed by atoms with E-state index in [4.69, 9.17) is 0 Å². The monoisotopic (exact) mass is 300 g/mol. The van der Waals surface area contributed by atoms with Crippen molar-refractivity contribution in [2.45, 2.75) is 32.7 Å². The fourth-order valence-electron chi connectivity index (χ4n) is 2.98. The predicted molar refractivity (Wildman–Crippen MR) is 83.4 cm³/mol. The van der Waals surface area contributed by atoms with Crippen molar-refractivity contribution in [3.8, 4) is 0 Å². The summed E-state index contributed by atoms with van der Waals surface area (Å²) in [5, 5.41) is 8.40. The average Bonchev–Trinajstić information content (AvgIpc) is 2.57. The standard InChI is InChI=1S/C16H20N4O2/c1-2-12-6-5-9-19(10-12)15(21)11-20-16(22)13-7-3-4-8-14(13)17-18-20/h3-4,7-8,12H,2,5-6,9-11H2,1H3. The molecule has 116 valence electrons. The van der Waals surface area contributed by atoms with Crippen molar-refractivity contribution in [1.82, 2.24) is 19.9 Å². The second kappa shape index (κ2) is 6.25. The first-order valence-electron chi connectivity index (χ1n) is 7.79. The zero-order valence-electron chi connectivity index (χ0n) is 12.7. The van der Waals surface area contributed by atoms with Crippen LogP contribution in [0.3, 0.4) is 0 Å². The molecule has 1 saturated heterocycles. The molecule has 0 saturated carbocycles. The number of likely N-dealkylation sites (tertiary alicyclic amines) is 1. The number of carbonyl (C=O) groups is 1.